The summed E-state index contributed by atoms with van der Waals surface area (Å²) in [5, 5.41) is 4.60. The molecule has 5 nitrogen and oxygen atoms in total. The summed E-state index contributed by atoms with van der Waals surface area (Å²) in [6.45, 7) is -0.634. The lowest BCUT2D eigenvalue weighted by molar-refractivity contribution is -0.174. The second-order valence-electron chi connectivity index (χ2n) is 4.34. The van der Waals surface area contributed by atoms with Crippen LogP contribution in [0.2, 0.25) is 0 Å². The molecule has 0 unspecified atom stereocenters. The van der Waals surface area contributed by atoms with Gasteiger partial charge < -0.3 is 15.4 Å². The van der Waals surface area contributed by atoms with E-state index in [-0.39, 0.29) is 23.7 Å². The lowest BCUT2D eigenvalue weighted by Gasteiger charge is -2.10. The van der Waals surface area contributed by atoms with Crippen LogP contribution in [-0.2, 0) is 14.3 Å². The molecule has 2 N–H and O–H groups in total. The molecule has 9 heteroatoms. The highest BCUT2D eigenvalue weighted by atomic mass is 19.4. The van der Waals surface area contributed by atoms with Crippen molar-refractivity contribution >= 4 is 23.2 Å². The van der Waals surface area contributed by atoms with Crippen molar-refractivity contribution in [2.75, 3.05) is 23.8 Å². The SMILES string of the molecule is CC(=O)Nc1ccc(F)c(NC(=O)CCOCC(F)(F)F)c1. The Morgan fingerprint density at radius 2 is 1.91 bits per heavy atom. The van der Waals surface area contributed by atoms with E-state index in [1.807, 2.05) is 0 Å². The monoisotopic (exact) mass is 322 g/mol. The van der Waals surface area contributed by atoms with Gasteiger partial charge >= 0.3 is 6.18 Å². The van der Waals surface area contributed by atoms with Crippen LogP contribution in [0.3, 0.4) is 0 Å². The molecule has 0 aliphatic carbocycles. The number of alkyl halides is 3. The first-order chi connectivity index (χ1) is 10.2. The van der Waals surface area contributed by atoms with Crippen molar-refractivity contribution in [3.05, 3.63) is 24.0 Å². The molecule has 0 heterocycles. The average Bonchev–Trinajstić information content (AvgIpc) is 2.37. The van der Waals surface area contributed by atoms with E-state index >= 15 is 0 Å². The third-order valence-corrected chi connectivity index (χ3v) is 2.30. The van der Waals surface area contributed by atoms with E-state index in [0.29, 0.717) is 0 Å². The van der Waals surface area contributed by atoms with Crippen LogP contribution in [0.25, 0.3) is 0 Å². The number of carbonyl (C=O) groups is 2. The van der Waals surface area contributed by atoms with Gasteiger partial charge in [0.2, 0.25) is 11.8 Å². The fraction of sp³-hybridized carbons (Fsp3) is 0.385. The molecule has 0 aromatic heterocycles. The zero-order valence-corrected chi connectivity index (χ0v) is 11.6. The number of benzene rings is 1. The van der Waals surface area contributed by atoms with E-state index in [9.17, 15) is 27.2 Å². The zero-order valence-electron chi connectivity index (χ0n) is 11.6. The maximum atomic E-state index is 13.5. The molecule has 0 saturated carbocycles. The molecule has 22 heavy (non-hydrogen) atoms. The maximum absolute atomic E-state index is 13.5. The van der Waals surface area contributed by atoms with Gasteiger partial charge in [-0.2, -0.15) is 13.2 Å². The Morgan fingerprint density at radius 3 is 2.50 bits per heavy atom. The lowest BCUT2D eigenvalue weighted by Crippen LogP contribution is -2.20. The summed E-state index contributed by atoms with van der Waals surface area (Å²) < 4.78 is 53.2. The maximum Gasteiger partial charge on any atom is 0.411 e. The van der Waals surface area contributed by atoms with E-state index in [1.54, 1.807) is 0 Å². The van der Waals surface area contributed by atoms with E-state index in [0.717, 1.165) is 6.07 Å². The molecule has 1 aromatic carbocycles. The van der Waals surface area contributed by atoms with E-state index < -0.39 is 31.1 Å². The van der Waals surface area contributed by atoms with Gasteiger partial charge in [0.05, 0.1) is 18.7 Å². The normalized spacial score (nSPS) is 11.1. The van der Waals surface area contributed by atoms with Crippen LogP contribution in [0.5, 0.6) is 0 Å². The first kappa shape index (κ1) is 17.9. The van der Waals surface area contributed by atoms with Crippen LogP contribution < -0.4 is 10.6 Å². The minimum Gasteiger partial charge on any atom is -0.372 e. The number of nitrogens with one attached hydrogen (secondary N) is 2. The molecule has 0 radical (unpaired) electrons. The largest absolute Gasteiger partial charge is 0.411 e. The molecule has 1 aromatic rings. The average molecular weight is 322 g/mol. The Bertz CT molecular complexity index is 547. The van der Waals surface area contributed by atoms with Crippen molar-refractivity contribution in [1.29, 1.82) is 0 Å². The third-order valence-electron chi connectivity index (χ3n) is 2.30. The summed E-state index contributed by atoms with van der Waals surface area (Å²) in [6, 6.07) is 3.55. The van der Waals surface area contributed by atoms with Crippen molar-refractivity contribution in [2.45, 2.75) is 19.5 Å². The summed E-state index contributed by atoms with van der Waals surface area (Å²) >= 11 is 0. The van der Waals surface area contributed by atoms with Gasteiger partial charge in [-0.05, 0) is 18.2 Å². The molecule has 0 saturated heterocycles. The smallest absolute Gasteiger partial charge is 0.372 e. The Kier molecular flexibility index (Phi) is 6.29. The molecular formula is C13H14F4N2O3. The van der Waals surface area contributed by atoms with Crippen LogP contribution in [-0.4, -0.2) is 31.2 Å². The first-order valence-corrected chi connectivity index (χ1v) is 6.19. The van der Waals surface area contributed by atoms with Gasteiger partial charge in [0.25, 0.3) is 0 Å². The molecule has 2 amide bonds. The number of ether oxygens (including phenoxy) is 1. The second-order valence-corrected chi connectivity index (χ2v) is 4.34. The molecule has 0 spiro atoms. The van der Waals surface area contributed by atoms with Gasteiger partial charge in [-0.15, -0.1) is 0 Å². The first-order valence-electron chi connectivity index (χ1n) is 6.19. The van der Waals surface area contributed by atoms with Crippen LogP contribution in [0, 0.1) is 5.82 Å². The van der Waals surface area contributed by atoms with Crippen molar-refractivity contribution < 1.29 is 31.9 Å². The second kappa shape index (κ2) is 7.74. The lowest BCUT2D eigenvalue weighted by atomic mass is 10.2. The topological polar surface area (TPSA) is 67.4 Å². The Morgan fingerprint density at radius 1 is 1.23 bits per heavy atom. The molecule has 0 aliphatic rings. The number of carbonyl (C=O) groups excluding carboxylic acids is 2. The number of rotatable bonds is 6. The molecule has 1 rings (SSSR count). The predicted octanol–water partition coefficient (Wildman–Crippen LogP) is 2.69. The van der Waals surface area contributed by atoms with E-state index in [2.05, 4.69) is 15.4 Å². The zero-order chi connectivity index (χ0) is 16.8. The van der Waals surface area contributed by atoms with Crippen molar-refractivity contribution in [1.82, 2.24) is 0 Å². The van der Waals surface area contributed by atoms with E-state index in [1.165, 1.54) is 19.1 Å². The minimum atomic E-state index is -4.46. The highest BCUT2D eigenvalue weighted by Gasteiger charge is 2.27. The fourth-order valence-corrected chi connectivity index (χ4v) is 1.47. The highest BCUT2D eigenvalue weighted by molar-refractivity contribution is 5.93. The quantitative estimate of drug-likeness (QED) is 0.625. The number of halogens is 4. The van der Waals surface area contributed by atoms with Crippen LogP contribution in [0.1, 0.15) is 13.3 Å². The van der Waals surface area contributed by atoms with Gasteiger partial charge in [0, 0.05) is 12.6 Å². The van der Waals surface area contributed by atoms with Crippen molar-refractivity contribution in [3.63, 3.8) is 0 Å². The summed E-state index contributed by atoms with van der Waals surface area (Å²) in [7, 11) is 0. The molecular weight excluding hydrogens is 308 g/mol. The molecule has 0 fully saturated rings. The molecule has 0 atom stereocenters. The van der Waals surface area contributed by atoms with Crippen LogP contribution >= 0.6 is 0 Å². The van der Waals surface area contributed by atoms with Crippen molar-refractivity contribution in [3.8, 4) is 0 Å². The number of anilines is 2. The summed E-state index contributed by atoms with van der Waals surface area (Å²) in [5.74, 6) is -1.82. The Labute approximate surface area is 123 Å². The summed E-state index contributed by atoms with van der Waals surface area (Å²) in [4.78, 5) is 22.4. The summed E-state index contributed by atoms with van der Waals surface area (Å²) in [6.07, 6.45) is -4.82. The Hall–Kier alpha value is -2.16. The summed E-state index contributed by atoms with van der Waals surface area (Å²) in [5.41, 5.74) is 0.0876. The van der Waals surface area contributed by atoms with E-state index in [4.69, 9.17) is 0 Å². The molecule has 0 aliphatic heterocycles. The van der Waals surface area contributed by atoms with Crippen LogP contribution in [0.15, 0.2) is 18.2 Å². The third kappa shape index (κ3) is 7.02. The van der Waals surface area contributed by atoms with Gasteiger partial charge in [-0.1, -0.05) is 0 Å². The predicted molar refractivity (Wildman–Crippen MR) is 70.8 cm³/mol. The fourth-order valence-electron chi connectivity index (χ4n) is 1.47. The van der Waals surface area contributed by atoms with Gasteiger partial charge in [-0.3, -0.25) is 9.59 Å². The standard InChI is InChI=1S/C13H14F4N2O3/c1-8(20)18-9-2-3-10(14)11(6-9)19-12(21)4-5-22-7-13(15,16)17/h2-3,6H,4-5,7H2,1H3,(H,18,20)(H,19,21). The van der Waals surface area contributed by atoms with Crippen molar-refractivity contribution in [2.24, 2.45) is 0 Å². The number of hydrogen-bond acceptors (Lipinski definition) is 3. The van der Waals surface area contributed by atoms with Crippen LogP contribution in [0.4, 0.5) is 28.9 Å². The minimum absolute atomic E-state index is 0.188. The van der Waals surface area contributed by atoms with Gasteiger partial charge in [0.1, 0.15) is 12.4 Å². The molecule has 122 valence electrons. The van der Waals surface area contributed by atoms with Gasteiger partial charge in [-0.25, -0.2) is 4.39 Å². The highest BCUT2D eigenvalue weighted by Crippen LogP contribution is 2.20. The number of amides is 2. The Balaban J connectivity index is 2.51. The molecule has 0 bridgehead atoms. The van der Waals surface area contributed by atoms with Gasteiger partial charge in [0.15, 0.2) is 0 Å². The number of hydrogen-bond donors (Lipinski definition) is 2.